The molecule has 2 fully saturated rings. The SMILES string of the molecule is Cc1cc(-c2cccc(C(F)(F)F)c2F)cnc1C(=O)N1CCC(N2CCCC2)CC1. The third kappa shape index (κ3) is 4.44. The molecule has 3 heterocycles. The standard InChI is InChI=1S/C23H25F4N3O/c1-15-13-16(18-5-4-6-19(20(18)24)23(25,26)27)14-28-21(15)22(31)30-11-7-17(8-12-30)29-9-2-3-10-29/h4-6,13-14,17H,2-3,7-12H2,1H3. The fraction of sp³-hybridized carbons (Fsp3) is 0.478. The quantitative estimate of drug-likeness (QED) is 0.643. The maximum absolute atomic E-state index is 14.5. The van der Waals surface area contributed by atoms with Gasteiger partial charge in [0, 0.05) is 36.5 Å². The number of alkyl halides is 3. The molecule has 0 saturated carbocycles. The van der Waals surface area contributed by atoms with E-state index in [1.807, 2.05) is 0 Å². The highest BCUT2D eigenvalue weighted by molar-refractivity contribution is 5.94. The van der Waals surface area contributed by atoms with Crippen LogP contribution in [0, 0.1) is 12.7 Å². The molecule has 2 aliphatic rings. The monoisotopic (exact) mass is 435 g/mol. The predicted octanol–water partition coefficient (Wildman–Crippen LogP) is 4.92. The molecule has 0 aliphatic carbocycles. The zero-order valence-corrected chi connectivity index (χ0v) is 17.4. The van der Waals surface area contributed by atoms with Crippen LogP contribution >= 0.6 is 0 Å². The lowest BCUT2D eigenvalue weighted by atomic mass is 10.00. The molecule has 8 heteroatoms. The number of benzene rings is 1. The minimum atomic E-state index is -4.78. The topological polar surface area (TPSA) is 36.4 Å². The first kappa shape index (κ1) is 21.7. The summed E-state index contributed by atoms with van der Waals surface area (Å²) in [5.41, 5.74) is -0.512. The summed E-state index contributed by atoms with van der Waals surface area (Å²) in [6, 6.07) is 5.21. The Kier molecular flexibility index (Phi) is 6.01. The van der Waals surface area contributed by atoms with Gasteiger partial charge < -0.3 is 9.80 Å². The second-order valence-electron chi connectivity index (χ2n) is 8.32. The summed E-state index contributed by atoms with van der Waals surface area (Å²) >= 11 is 0. The van der Waals surface area contributed by atoms with Gasteiger partial charge in [0.25, 0.3) is 5.91 Å². The molecule has 1 amide bonds. The molecule has 2 aromatic rings. The molecule has 0 radical (unpaired) electrons. The van der Waals surface area contributed by atoms with Crippen LogP contribution in [0.15, 0.2) is 30.5 Å². The fourth-order valence-electron chi connectivity index (χ4n) is 4.61. The van der Waals surface area contributed by atoms with Crippen LogP contribution < -0.4 is 0 Å². The highest BCUT2D eigenvalue weighted by atomic mass is 19.4. The van der Waals surface area contributed by atoms with Crippen LogP contribution in [0.2, 0.25) is 0 Å². The molecule has 0 N–H and O–H groups in total. The first-order valence-corrected chi connectivity index (χ1v) is 10.6. The molecular weight excluding hydrogens is 410 g/mol. The van der Waals surface area contributed by atoms with Crippen molar-refractivity contribution in [2.24, 2.45) is 0 Å². The zero-order chi connectivity index (χ0) is 22.2. The zero-order valence-electron chi connectivity index (χ0n) is 17.4. The average molecular weight is 435 g/mol. The van der Waals surface area contributed by atoms with Gasteiger partial charge in [-0.2, -0.15) is 13.2 Å². The number of aromatic nitrogens is 1. The number of rotatable bonds is 3. The van der Waals surface area contributed by atoms with E-state index in [-0.39, 0.29) is 22.7 Å². The van der Waals surface area contributed by atoms with Crippen LogP contribution in [0.25, 0.3) is 11.1 Å². The van der Waals surface area contributed by atoms with Gasteiger partial charge in [0.15, 0.2) is 0 Å². The Hall–Kier alpha value is -2.48. The van der Waals surface area contributed by atoms with E-state index in [1.54, 1.807) is 11.8 Å². The second kappa shape index (κ2) is 8.57. The summed E-state index contributed by atoms with van der Waals surface area (Å²) in [6.07, 6.45) is 0.828. The summed E-state index contributed by atoms with van der Waals surface area (Å²) in [5, 5.41) is 0. The maximum atomic E-state index is 14.5. The number of carbonyl (C=O) groups is 1. The molecule has 0 unspecified atom stereocenters. The Labute approximate surface area is 178 Å². The van der Waals surface area contributed by atoms with Crippen LogP contribution in [0.5, 0.6) is 0 Å². The van der Waals surface area contributed by atoms with Gasteiger partial charge in [0.05, 0.1) is 5.56 Å². The van der Waals surface area contributed by atoms with Crippen molar-refractivity contribution >= 4 is 5.91 Å². The Balaban J connectivity index is 1.50. The lowest BCUT2D eigenvalue weighted by molar-refractivity contribution is -0.139. The number of likely N-dealkylation sites (tertiary alicyclic amines) is 2. The first-order valence-electron chi connectivity index (χ1n) is 10.6. The normalized spacial score (nSPS) is 18.5. The van der Waals surface area contributed by atoms with E-state index in [4.69, 9.17) is 0 Å². The largest absolute Gasteiger partial charge is 0.419 e. The number of nitrogens with zero attached hydrogens (tertiary/aromatic N) is 3. The highest BCUT2D eigenvalue weighted by Crippen LogP contribution is 2.35. The molecule has 0 spiro atoms. The molecule has 0 bridgehead atoms. The molecule has 2 saturated heterocycles. The van der Waals surface area contributed by atoms with E-state index in [2.05, 4.69) is 9.88 Å². The van der Waals surface area contributed by atoms with Gasteiger partial charge in [-0.3, -0.25) is 9.78 Å². The summed E-state index contributed by atoms with van der Waals surface area (Å²) in [6.45, 7) is 5.25. The summed E-state index contributed by atoms with van der Waals surface area (Å²) < 4.78 is 53.5. The van der Waals surface area contributed by atoms with Crippen LogP contribution in [0.1, 0.15) is 47.3 Å². The van der Waals surface area contributed by atoms with Crippen molar-refractivity contribution in [1.82, 2.24) is 14.8 Å². The van der Waals surface area contributed by atoms with E-state index in [9.17, 15) is 22.4 Å². The third-order valence-electron chi connectivity index (χ3n) is 6.30. The van der Waals surface area contributed by atoms with Gasteiger partial charge in [-0.25, -0.2) is 4.39 Å². The van der Waals surface area contributed by atoms with Gasteiger partial charge in [0.1, 0.15) is 11.5 Å². The number of piperidine rings is 1. The van der Waals surface area contributed by atoms with E-state index < -0.39 is 17.6 Å². The highest BCUT2D eigenvalue weighted by Gasteiger charge is 2.35. The molecule has 4 nitrogen and oxygen atoms in total. The lowest BCUT2D eigenvalue weighted by Gasteiger charge is -2.36. The van der Waals surface area contributed by atoms with Crippen LogP contribution in [0.4, 0.5) is 17.6 Å². The Morgan fingerprint density at radius 2 is 1.77 bits per heavy atom. The van der Waals surface area contributed by atoms with E-state index in [1.165, 1.54) is 37.2 Å². The maximum Gasteiger partial charge on any atom is 0.419 e. The molecule has 4 rings (SSSR count). The van der Waals surface area contributed by atoms with E-state index in [0.717, 1.165) is 25.9 Å². The molecule has 1 aromatic carbocycles. The number of pyridine rings is 1. The molecular formula is C23H25F4N3O. The van der Waals surface area contributed by atoms with E-state index in [0.29, 0.717) is 30.8 Å². The number of halogens is 4. The van der Waals surface area contributed by atoms with Gasteiger partial charge in [-0.1, -0.05) is 12.1 Å². The number of amides is 1. The molecule has 1 aromatic heterocycles. The molecule has 2 aliphatic heterocycles. The molecule has 0 atom stereocenters. The molecule has 31 heavy (non-hydrogen) atoms. The Morgan fingerprint density at radius 1 is 1.10 bits per heavy atom. The van der Waals surface area contributed by atoms with E-state index >= 15 is 0 Å². The number of carbonyl (C=O) groups excluding carboxylic acids is 1. The van der Waals surface area contributed by atoms with Crippen LogP contribution in [-0.2, 0) is 6.18 Å². The predicted molar refractivity (Wildman–Crippen MR) is 109 cm³/mol. The van der Waals surface area contributed by atoms with Crippen molar-refractivity contribution in [2.45, 2.75) is 44.8 Å². The van der Waals surface area contributed by atoms with Gasteiger partial charge in [0.2, 0.25) is 0 Å². The number of hydrogen-bond acceptors (Lipinski definition) is 3. The van der Waals surface area contributed by atoms with Crippen molar-refractivity contribution in [2.75, 3.05) is 26.2 Å². The van der Waals surface area contributed by atoms with Crippen molar-refractivity contribution < 1.29 is 22.4 Å². The minimum absolute atomic E-state index is 0.184. The first-order chi connectivity index (χ1) is 14.8. The molecule has 166 valence electrons. The van der Waals surface area contributed by atoms with Crippen LogP contribution in [0.3, 0.4) is 0 Å². The van der Waals surface area contributed by atoms with Crippen molar-refractivity contribution in [1.29, 1.82) is 0 Å². The van der Waals surface area contributed by atoms with Crippen molar-refractivity contribution in [3.05, 3.63) is 53.1 Å². The Bertz CT molecular complexity index is 962. The van der Waals surface area contributed by atoms with Gasteiger partial charge in [-0.15, -0.1) is 0 Å². The number of aryl methyl sites for hydroxylation is 1. The minimum Gasteiger partial charge on any atom is -0.337 e. The Morgan fingerprint density at radius 3 is 2.39 bits per heavy atom. The summed E-state index contributed by atoms with van der Waals surface area (Å²) in [4.78, 5) is 21.5. The van der Waals surface area contributed by atoms with Crippen LogP contribution in [-0.4, -0.2) is 52.9 Å². The van der Waals surface area contributed by atoms with Crippen molar-refractivity contribution in [3.63, 3.8) is 0 Å². The second-order valence-corrected chi connectivity index (χ2v) is 8.32. The lowest BCUT2D eigenvalue weighted by Crippen LogP contribution is -2.46. The van der Waals surface area contributed by atoms with Gasteiger partial charge in [-0.05, 0) is 63.4 Å². The van der Waals surface area contributed by atoms with Gasteiger partial charge >= 0.3 is 6.18 Å². The summed E-state index contributed by atoms with van der Waals surface area (Å²) in [5.74, 6) is -1.52. The number of hydrogen-bond donors (Lipinski definition) is 0. The fourth-order valence-corrected chi connectivity index (χ4v) is 4.61. The third-order valence-corrected chi connectivity index (χ3v) is 6.30. The van der Waals surface area contributed by atoms with Crippen molar-refractivity contribution in [3.8, 4) is 11.1 Å². The summed E-state index contributed by atoms with van der Waals surface area (Å²) in [7, 11) is 0. The average Bonchev–Trinajstić information content (AvgIpc) is 3.27. The smallest absolute Gasteiger partial charge is 0.337 e.